The molecule has 2 rings (SSSR count). The molecule has 1 aromatic rings. The van der Waals surface area contributed by atoms with Gasteiger partial charge in [0, 0.05) is 44.0 Å². The van der Waals surface area contributed by atoms with Crippen molar-refractivity contribution in [2.75, 3.05) is 18.0 Å². The van der Waals surface area contributed by atoms with Gasteiger partial charge in [0.25, 0.3) is 0 Å². The van der Waals surface area contributed by atoms with E-state index in [0.717, 1.165) is 37.6 Å². The van der Waals surface area contributed by atoms with Crippen LogP contribution in [0.3, 0.4) is 0 Å². The molecular weight excluding hydrogens is 164 g/mol. The van der Waals surface area contributed by atoms with Crippen LogP contribution >= 0.6 is 0 Å². The minimum absolute atomic E-state index is 0.787. The summed E-state index contributed by atoms with van der Waals surface area (Å²) in [4.78, 5) is 10.5. The van der Waals surface area contributed by atoms with Crippen LogP contribution in [0.5, 0.6) is 0 Å². The summed E-state index contributed by atoms with van der Waals surface area (Å²) in [5.41, 5.74) is 0.840. The fraction of sp³-hybridized carbons (Fsp3) is 0.444. The first-order chi connectivity index (χ1) is 6.36. The lowest BCUT2D eigenvalue weighted by molar-refractivity contribution is 0.729. The van der Waals surface area contributed by atoms with Gasteiger partial charge in [-0.1, -0.05) is 0 Å². The van der Waals surface area contributed by atoms with Gasteiger partial charge < -0.3 is 10.3 Å². The first kappa shape index (κ1) is 8.16. The summed E-state index contributed by atoms with van der Waals surface area (Å²) >= 11 is 0. The number of hydrogen-bond acceptors (Lipinski definition) is 4. The Balaban J connectivity index is 2.07. The molecule has 68 valence electrons. The third kappa shape index (κ3) is 1.83. The highest BCUT2D eigenvalue weighted by molar-refractivity contribution is 5.83. The summed E-state index contributed by atoms with van der Waals surface area (Å²) in [6.07, 6.45) is 5.20. The van der Waals surface area contributed by atoms with Gasteiger partial charge in [-0.25, -0.2) is 9.97 Å². The molecule has 0 aromatic carbocycles. The highest BCUT2D eigenvalue weighted by Crippen LogP contribution is 2.11. The molecule has 0 saturated carbocycles. The van der Waals surface area contributed by atoms with Crippen LogP contribution in [0.25, 0.3) is 0 Å². The van der Waals surface area contributed by atoms with Gasteiger partial charge in [-0.2, -0.15) is 0 Å². The second-order valence-corrected chi connectivity index (χ2v) is 3.14. The molecule has 4 heteroatoms. The summed E-state index contributed by atoms with van der Waals surface area (Å²) in [7, 11) is 0. The second-order valence-electron chi connectivity index (χ2n) is 3.14. The van der Waals surface area contributed by atoms with Crippen molar-refractivity contribution in [2.45, 2.75) is 12.8 Å². The number of nitrogens with one attached hydrogen (secondary N) is 1. The van der Waals surface area contributed by atoms with E-state index in [2.05, 4.69) is 14.9 Å². The predicted octanol–water partition coefficient (Wildman–Crippen LogP) is 1.10. The van der Waals surface area contributed by atoms with E-state index in [-0.39, 0.29) is 0 Å². The third-order valence-corrected chi connectivity index (χ3v) is 2.20. The number of hydrogen-bond donors (Lipinski definition) is 1. The molecule has 4 nitrogen and oxygen atoms in total. The van der Waals surface area contributed by atoms with E-state index in [1.165, 1.54) is 0 Å². The molecule has 1 fully saturated rings. The molecule has 1 N–H and O–H groups in total. The fourth-order valence-corrected chi connectivity index (χ4v) is 1.43. The molecule has 1 aromatic heterocycles. The summed E-state index contributed by atoms with van der Waals surface area (Å²) < 4.78 is 0. The van der Waals surface area contributed by atoms with Crippen molar-refractivity contribution in [3.8, 4) is 0 Å². The van der Waals surface area contributed by atoms with Gasteiger partial charge in [-0.3, -0.25) is 0 Å². The second kappa shape index (κ2) is 3.51. The summed E-state index contributed by atoms with van der Waals surface area (Å²) in [6.45, 7) is 1.76. The summed E-state index contributed by atoms with van der Waals surface area (Å²) in [6, 6.07) is 1.81. The van der Waals surface area contributed by atoms with E-state index in [1.54, 1.807) is 12.4 Å². The molecule has 1 aliphatic rings. The number of piperidine rings is 1. The van der Waals surface area contributed by atoms with E-state index in [4.69, 9.17) is 5.41 Å². The maximum Gasteiger partial charge on any atom is 0.225 e. The van der Waals surface area contributed by atoms with Crippen LogP contribution in [0.1, 0.15) is 12.8 Å². The molecule has 1 aliphatic heterocycles. The Labute approximate surface area is 77.1 Å². The molecule has 0 bridgehead atoms. The van der Waals surface area contributed by atoms with Crippen LogP contribution in [-0.4, -0.2) is 28.8 Å². The van der Waals surface area contributed by atoms with E-state index in [0.29, 0.717) is 0 Å². The SMILES string of the molecule is N=C1CCN(c2ncccn2)CC1. The maximum atomic E-state index is 7.47. The van der Waals surface area contributed by atoms with E-state index in [1.807, 2.05) is 6.07 Å². The normalized spacial score (nSPS) is 17.5. The van der Waals surface area contributed by atoms with E-state index < -0.39 is 0 Å². The van der Waals surface area contributed by atoms with Crippen LogP contribution in [0.2, 0.25) is 0 Å². The molecule has 0 spiro atoms. The van der Waals surface area contributed by atoms with Crippen molar-refractivity contribution in [1.29, 1.82) is 5.41 Å². The average molecular weight is 176 g/mol. The molecule has 0 amide bonds. The summed E-state index contributed by atoms with van der Waals surface area (Å²) in [5, 5.41) is 7.47. The van der Waals surface area contributed by atoms with Crippen LogP contribution in [-0.2, 0) is 0 Å². The van der Waals surface area contributed by atoms with Gasteiger partial charge >= 0.3 is 0 Å². The molecule has 0 radical (unpaired) electrons. The van der Waals surface area contributed by atoms with Crippen LogP contribution in [0, 0.1) is 5.41 Å². The van der Waals surface area contributed by atoms with Crippen molar-refractivity contribution in [2.24, 2.45) is 0 Å². The van der Waals surface area contributed by atoms with Crippen molar-refractivity contribution in [3.63, 3.8) is 0 Å². The maximum absolute atomic E-state index is 7.47. The highest BCUT2D eigenvalue weighted by Gasteiger charge is 2.15. The van der Waals surface area contributed by atoms with Crippen molar-refractivity contribution in [1.82, 2.24) is 9.97 Å². The Morgan fingerprint density at radius 3 is 2.38 bits per heavy atom. The molecular formula is C9H12N4. The third-order valence-electron chi connectivity index (χ3n) is 2.20. The molecule has 2 heterocycles. The zero-order chi connectivity index (χ0) is 9.10. The Hall–Kier alpha value is -1.45. The van der Waals surface area contributed by atoms with Gasteiger partial charge in [-0.05, 0) is 6.07 Å². The minimum atomic E-state index is 0.787. The number of rotatable bonds is 1. The van der Waals surface area contributed by atoms with Crippen LogP contribution in [0.4, 0.5) is 5.95 Å². The smallest absolute Gasteiger partial charge is 0.225 e. The van der Waals surface area contributed by atoms with Gasteiger partial charge in [0.2, 0.25) is 5.95 Å². The van der Waals surface area contributed by atoms with E-state index in [9.17, 15) is 0 Å². The summed E-state index contributed by atoms with van der Waals surface area (Å²) in [5.74, 6) is 0.787. The average Bonchev–Trinajstić information content (AvgIpc) is 2.20. The molecule has 1 saturated heterocycles. The van der Waals surface area contributed by atoms with Crippen molar-refractivity contribution in [3.05, 3.63) is 18.5 Å². The Morgan fingerprint density at radius 1 is 1.15 bits per heavy atom. The number of aromatic nitrogens is 2. The molecule has 0 atom stereocenters. The minimum Gasteiger partial charge on any atom is -0.340 e. The molecule has 0 unspecified atom stereocenters. The van der Waals surface area contributed by atoms with Gasteiger partial charge in [0.1, 0.15) is 0 Å². The van der Waals surface area contributed by atoms with Crippen LogP contribution in [0.15, 0.2) is 18.5 Å². The predicted molar refractivity (Wildman–Crippen MR) is 51.2 cm³/mol. The quantitative estimate of drug-likeness (QED) is 0.697. The van der Waals surface area contributed by atoms with Crippen molar-refractivity contribution >= 4 is 11.7 Å². The van der Waals surface area contributed by atoms with Gasteiger partial charge in [0.05, 0.1) is 0 Å². The molecule has 0 aliphatic carbocycles. The van der Waals surface area contributed by atoms with Crippen LogP contribution < -0.4 is 4.90 Å². The number of anilines is 1. The van der Waals surface area contributed by atoms with E-state index >= 15 is 0 Å². The topological polar surface area (TPSA) is 52.9 Å². The zero-order valence-corrected chi connectivity index (χ0v) is 7.40. The standard InChI is InChI=1S/C9H12N4/c10-8-2-6-13(7-3-8)9-11-4-1-5-12-9/h1,4-5,10H,2-3,6-7H2. The Morgan fingerprint density at radius 2 is 1.77 bits per heavy atom. The lowest BCUT2D eigenvalue weighted by atomic mass is 10.1. The van der Waals surface area contributed by atoms with Gasteiger partial charge in [-0.15, -0.1) is 0 Å². The monoisotopic (exact) mass is 176 g/mol. The Kier molecular flexibility index (Phi) is 2.21. The number of nitrogens with zero attached hydrogens (tertiary/aromatic N) is 3. The highest BCUT2D eigenvalue weighted by atomic mass is 15.2. The molecule has 13 heavy (non-hydrogen) atoms. The Bertz CT molecular complexity index is 286. The van der Waals surface area contributed by atoms with Gasteiger partial charge in [0.15, 0.2) is 0 Å². The lowest BCUT2D eigenvalue weighted by Crippen LogP contribution is -2.34. The zero-order valence-electron chi connectivity index (χ0n) is 7.40. The van der Waals surface area contributed by atoms with Crippen molar-refractivity contribution < 1.29 is 0 Å². The lowest BCUT2D eigenvalue weighted by Gasteiger charge is -2.26. The largest absolute Gasteiger partial charge is 0.340 e. The first-order valence-electron chi connectivity index (χ1n) is 4.44. The fourth-order valence-electron chi connectivity index (χ4n) is 1.43. The first-order valence-corrected chi connectivity index (χ1v) is 4.44.